The van der Waals surface area contributed by atoms with E-state index >= 15 is 0 Å². The molecule has 0 aliphatic heterocycles. The van der Waals surface area contributed by atoms with Crippen molar-refractivity contribution in [3.05, 3.63) is 0 Å². The molecule has 0 heterocycles. The first-order valence-electron chi connectivity index (χ1n) is 5.65. The highest BCUT2D eigenvalue weighted by Crippen LogP contribution is 2.26. The first-order valence-corrected chi connectivity index (χ1v) is 7.05. The number of carbonyl (C=O) groups is 1. The number of ether oxygens (including phenoxy) is 1. The van der Waals surface area contributed by atoms with Gasteiger partial charge in [-0.25, -0.2) is 0 Å². The molecule has 1 rings (SSSR count). The van der Waals surface area contributed by atoms with Crippen LogP contribution in [0.2, 0.25) is 0 Å². The van der Waals surface area contributed by atoms with Gasteiger partial charge in [-0.1, -0.05) is 6.42 Å². The molecule has 17 heavy (non-hydrogen) atoms. The van der Waals surface area contributed by atoms with Gasteiger partial charge in [0.25, 0.3) is 10.2 Å². The van der Waals surface area contributed by atoms with Crippen LogP contribution in [-0.4, -0.2) is 56.8 Å². The van der Waals surface area contributed by atoms with E-state index in [0.717, 1.165) is 19.3 Å². The Kier molecular flexibility index (Phi) is 4.91. The van der Waals surface area contributed by atoms with Gasteiger partial charge < -0.3 is 4.74 Å². The molecule has 100 valence electrons. The maximum atomic E-state index is 12.1. The lowest BCUT2D eigenvalue weighted by atomic mass is 9.94. The fraction of sp³-hybridized carbons (Fsp3) is 0.900. The molecule has 0 radical (unpaired) electrons. The second-order valence-electron chi connectivity index (χ2n) is 4.26. The van der Waals surface area contributed by atoms with E-state index in [1.807, 2.05) is 0 Å². The third-order valence-corrected chi connectivity index (χ3v) is 5.20. The minimum absolute atomic E-state index is 0.0741. The van der Waals surface area contributed by atoms with Gasteiger partial charge in [0.05, 0.1) is 13.5 Å². The molecule has 0 spiro atoms. The number of nitrogens with zero attached hydrogens (tertiary/aromatic N) is 2. The average Bonchev–Trinajstić information content (AvgIpc) is 2.22. The lowest BCUT2D eigenvalue weighted by Gasteiger charge is -2.35. The van der Waals surface area contributed by atoms with Crippen molar-refractivity contribution < 1.29 is 17.9 Å². The van der Waals surface area contributed by atoms with Crippen LogP contribution >= 0.6 is 0 Å². The lowest BCUT2D eigenvalue weighted by molar-refractivity contribution is -0.140. The molecule has 7 heteroatoms. The van der Waals surface area contributed by atoms with Gasteiger partial charge in [-0.2, -0.15) is 17.0 Å². The first kappa shape index (κ1) is 14.4. The first-order chi connectivity index (χ1) is 7.89. The summed E-state index contributed by atoms with van der Waals surface area (Å²) < 4.78 is 31.2. The summed E-state index contributed by atoms with van der Waals surface area (Å²) in [5.41, 5.74) is 0. The van der Waals surface area contributed by atoms with E-state index in [2.05, 4.69) is 4.74 Å². The minimum Gasteiger partial charge on any atom is -0.469 e. The Balaban J connectivity index is 2.53. The van der Waals surface area contributed by atoms with Gasteiger partial charge >= 0.3 is 5.97 Å². The van der Waals surface area contributed by atoms with E-state index in [1.165, 1.54) is 22.8 Å². The van der Waals surface area contributed by atoms with Crippen molar-refractivity contribution in [3.63, 3.8) is 0 Å². The van der Waals surface area contributed by atoms with Gasteiger partial charge in [0.1, 0.15) is 0 Å². The molecule has 0 N–H and O–H groups in total. The largest absolute Gasteiger partial charge is 0.469 e. The number of hydrogen-bond acceptors (Lipinski definition) is 4. The quantitative estimate of drug-likeness (QED) is 0.643. The summed E-state index contributed by atoms with van der Waals surface area (Å²) in [6.45, 7) is 0.145. The Morgan fingerprint density at radius 2 is 1.94 bits per heavy atom. The molecule has 0 unspecified atom stereocenters. The summed E-state index contributed by atoms with van der Waals surface area (Å²) in [7, 11) is 0.916. The zero-order chi connectivity index (χ0) is 13.1. The number of esters is 1. The molecule has 0 aromatic carbocycles. The summed E-state index contributed by atoms with van der Waals surface area (Å²) in [4.78, 5) is 11.0. The molecule has 1 aliphatic carbocycles. The molecule has 1 saturated carbocycles. The van der Waals surface area contributed by atoms with E-state index < -0.39 is 16.2 Å². The Bertz CT molecular complexity index is 365. The molecular weight excluding hydrogens is 244 g/mol. The van der Waals surface area contributed by atoms with E-state index in [1.54, 1.807) is 7.05 Å². The Morgan fingerprint density at radius 3 is 2.35 bits per heavy atom. The second-order valence-corrected chi connectivity index (χ2v) is 6.35. The molecule has 1 aliphatic rings. The maximum absolute atomic E-state index is 12.1. The Morgan fingerprint density at radius 1 is 1.35 bits per heavy atom. The van der Waals surface area contributed by atoms with E-state index in [-0.39, 0.29) is 19.0 Å². The van der Waals surface area contributed by atoms with Crippen LogP contribution in [0, 0.1) is 0 Å². The van der Waals surface area contributed by atoms with Crippen molar-refractivity contribution in [1.82, 2.24) is 8.61 Å². The van der Waals surface area contributed by atoms with Gasteiger partial charge in [0.2, 0.25) is 0 Å². The Labute approximate surface area is 103 Å². The molecule has 0 atom stereocenters. The third-order valence-electron chi connectivity index (χ3n) is 3.21. The molecule has 0 aromatic rings. The van der Waals surface area contributed by atoms with Gasteiger partial charge in [-0.05, 0) is 12.8 Å². The van der Waals surface area contributed by atoms with Crippen LogP contribution in [0.25, 0.3) is 0 Å². The van der Waals surface area contributed by atoms with Gasteiger partial charge in [0, 0.05) is 26.7 Å². The normalized spacial score (nSPS) is 17.2. The van der Waals surface area contributed by atoms with Crippen LogP contribution in [0.4, 0.5) is 0 Å². The summed E-state index contributed by atoms with van der Waals surface area (Å²) in [6.07, 6.45) is 2.99. The molecule has 1 fully saturated rings. The maximum Gasteiger partial charge on any atom is 0.306 e. The predicted molar refractivity (Wildman–Crippen MR) is 63.6 cm³/mol. The summed E-state index contributed by atoms with van der Waals surface area (Å²) in [5, 5.41) is 0. The van der Waals surface area contributed by atoms with Crippen molar-refractivity contribution in [1.29, 1.82) is 0 Å². The van der Waals surface area contributed by atoms with Gasteiger partial charge in [-0.3, -0.25) is 4.79 Å². The van der Waals surface area contributed by atoms with Crippen LogP contribution in [0.1, 0.15) is 25.7 Å². The van der Waals surface area contributed by atoms with Crippen molar-refractivity contribution in [3.8, 4) is 0 Å². The lowest BCUT2D eigenvalue weighted by Crippen LogP contribution is -2.47. The molecule has 0 amide bonds. The van der Waals surface area contributed by atoms with Crippen LogP contribution in [-0.2, 0) is 19.7 Å². The number of rotatable bonds is 6. The number of methoxy groups -OCH3 is 1. The summed E-state index contributed by atoms with van der Waals surface area (Å²) in [6, 6.07) is 0.112. The minimum atomic E-state index is -3.44. The van der Waals surface area contributed by atoms with Crippen LogP contribution in [0.3, 0.4) is 0 Å². The standard InChI is InChI=1S/C10H20N2O4S/c1-11(8-7-10(13)16-3)17(14,15)12(2)9-5-4-6-9/h9H,4-8H2,1-3H3. The van der Waals surface area contributed by atoms with Crippen molar-refractivity contribution >= 4 is 16.2 Å². The SMILES string of the molecule is COC(=O)CCN(C)S(=O)(=O)N(C)C1CCC1. The highest BCUT2D eigenvalue weighted by molar-refractivity contribution is 7.86. The van der Waals surface area contributed by atoms with E-state index in [0.29, 0.717) is 0 Å². The zero-order valence-electron chi connectivity index (χ0n) is 10.5. The van der Waals surface area contributed by atoms with Gasteiger partial charge in [-0.15, -0.1) is 0 Å². The Hall–Kier alpha value is -0.660. The molecule has 0 aromatic heterocycles. The number of carbonyl (C=O) groups excluding carboxylic acids is 1. The predicted octanol–water partition coefficient (Wildman–Crippen LogP) is 0.210. The smallest absolute Gasteiger partial charge is 0.306 e. The topological polar surface area (TPSA) is 66.9 Å². The zero-order valence-corrected chi connectivity index (χ0v) is 11.4. The van der Waals surface area contributed by atoms with Gasteiger partial charge in [0.15, 0.2) is 0 Å². The second kappa shape index (κ2) is 5.79. The van der Waals surface area contributed by atoms with E-state index in [4.69, 9.17) is 0 Å². The van der Waals surface area contributed by atoms with Crippen molar-refractivity contribution in [2.75, 3.05) is 27.7 Å². The van der Waals surface area contributed by atoms with E-state index in [9.17, 15) is 13.2 Å². The third kappa shape index (κ3) is 3.40. The number of hydrogen-bond donors (Lipinski definition) is 0. The molecule has 0 bridgehead atoms. The summed E-state index contributed by atoms with van der Waals surface area (Å²) >= 11 is 0. The highest BCUT2D eigenvalue weighted by atomic mass is 32.2. The van der Waals surface area contributed by atoms with Crippen molar-refractivity contribution in [2.24, 2.45) is 0 Å². The van der Waals surface area contributed by atoms with Crippen LogP contribution in [0.5, 0.6) is 0 Å². The molecule has 6 nitrogen and oxygen atoms in total. The fourth-order valence-electron chi connectivity index (χ4n) is 1.62. The monoisotopic (exact) mass is 264 g/mol. The average molecular weight is 264 g/mol. The fourth-order valence-corrected chi connectivity index (χ4v) is 2.97. The van der Waals surface area contributed by atoms with Crippen LogP contribution < -0.4 is 0 Å². The summed E-state index contributed by atoms with van der Waals surface area (Å²) in [5.74, 6) is -0.404. The van der Waals surface area contributed by atoms with Crippen molar-refractivity contribution in [2.45, 2.75) is 31.7 Å². The molecule has 0 saturated heterocycles. The van der Waals surface area contributed by atoms with Crippen LogP contribution in [0.15, 0.2) is 0 Å². The highest BCUT2D eigenvalue weighted by Gasteiger charge is 2.33. The molecular formula is C10H20N2O4S.